The summed E-state index contributed by atoms with van der Waals surface area (Å²) in [6, 6.07) is 14.6. The van der Waals surface area contributed by atoms with Crippen LogP contribution < -0.4 is 19.7 Å². The van der Waals surface area contributed by atoms with Gasteiger partial charge in [-0.15, -0.1) is 0 Å². The number of ether oxygens (including phenoxy) is 2. The number of carbonyl (C=O) groups is 2. The Morgan fingerprint density at radius 2 is 1.78 bits per heavy atom. The Kier molecular flexibility index (Phi) is 6.30. The Morgan fingerprint density at radius 3 is 2.44 bits per heavy atom. The highest BCUT2D eigenvalue weighted by Crippen LogP contribution is 2.25. The first kappa shape index (κ1) is 18.8. The van der Waals surface area contributed by atoms with Crippen molar-refractivity contribution in [2.75, 3.05) is 31.2 Å². The van der Waals surface area contributed by atoms with Crippen molar-refractivity contribution < 1.29 is 19.1 Å². The maximum absolute atomic E-state index is 12.5. The number of rotatable bonds is 8. The molecule has 0 aromatic heterocycles. The van der Waals surface area contributed by atoms with Crippen LogP contribution in [0.3, 0.4) is 0 Å². The molecule has 1 N–H and O–H groups in total. The number of hydrogen-bond acceptors (Lipinski definition) is 4. The molecule has 2 aromatic carbocycles. The van der Waals surface area contributed by atoms with Crippen LogP contribution in [0, 0.1) is 0 Å². The second-order valence-electron chi connectivity index (χ2n) is 6.17. The molecule has 27 heavy (non-hydrogen) atoms. The lowest BCUT2D eigenvalue weighted by Crippen LogP contribution is -2.31. The Morgan fingerprint density at radius 1 is 1.07 bits per heavy atom. The van der Waals surface area contributed by atoms with E-state index in [1.54, 1.807) is 17.0 Å². The molecule has 1 heterocycles. The number of nitrogens with one attached hydrogen (secondary N) is 1. The summed E-state index contributed by atoms with van der Waals surface area (Å²) in [4.78, 5) is 26.2. The highest BCUT2D eigenvalue weighted by molar-refractivity contribution is 6.05. The Balaban J connectivity index is 1.52. The smallest absolute Gasteiger partial charge is 0.253 e. The Labute approximate surface area is 159 Å². The maximum atomic E-state index is 12.5. The van der Waals surface area contributed by atoms with E-state index < -0.39 is 0 Å². The molecule has 6 nitrogen and oxygen atoms in total. The van der Waals surface area contributed by atoms with E-state index in [1.165, 1.54) is 0 Å². The van der Waals surface area contributed by atoms with E-state index in [1.807, 2.05) is 43.3 Å². The number of nitrogens with zero attached hydrogens (tertiary/aromatic N) is 1. The standard InChI is InChI=1S/C21H24N2O4/c1-2-26-16-9-11-17(12-10-16)27-15-13-22-21(25)18-6-3-4-7-19(18)23-14-5-8-20(23)24/h3-4,6-7,9-12H,2,5,8,13-15H2,1H3,(H,22,25). The van der Waals surface area contributed by atoms with Gasteiger partial charge >= 0.3 is 0 Å². The maximum Gasteiger partial charge on any atom is 0.253 e. The van der Waals surface area contributed by atoms with Crippen molar-refractivity contribution in [2.24, 2.45) is 0 Å². The molecular weight excluding hydrogens is 344 g/mol. The molecule has 0 unspecified atom stereocenters. The summed E-state index contributed by atoms with van der Waals surface area (Å²) < 4.78 is 11.0. The van der Waals surface area contributed by atoms with Gasteiger partial charge in [-0.2, -0.15) is 0 Å². The van der Waals surface area contributed by atoms with Crippen LogP contribution in [0.4, 0.5) is 5.69 Å². The summed E-state index contributed by atoms with van der Waals surface area (Å²) in [6.45, 7) is 3.93. The topological polar surface area (TPSA) is 67.9 Å². The highest BCUT2D eigenvalue weighted by atomic mass is 16.5. The van der Waals surface area contributed by atoms with Gasteiger partial charge in [0.2, 0.25) is 5.91 Å². The SMILES string of the molecule is CCOc1ccc(OCCNC(=O)c2ccccc2N2CCCC2=O)cc1. The molecule has 6 heteroatoms. The van der Waals surface area contributed by atoms with Gasteiger partial charge in [0.1, 0.15) is 18.1 Å². The number of carbonyl (C=O) groups excluding carboxylic acids is 2. The summed E-state index contributed by atoms with van der Waals surface area (Å²) >= 11 is 0. The van der Waals surface area contributed by atoms with Crippen molar-refractivity contribution in [2.45, 2.75) is 19.8 Å². The Hall–Kier alpha value is -3.02. The van der Waals surface area contributed by atoms with Crippen molar-refractivity contribution in [1.82, 2.24) is 5.32 Å². The molecule has 0 atom stereocenters. The summed E-state index contributed by atoms with van der Waals surface area (Å²) in [6.07, 6.45) is 1.36. The van der Waals surface area contributed by atoms with Gasteiger partial charge in [0.05, 0.1) is 24.4 Å². The van der Waals surface area contributed by atoms with Gasteiger partial charge in [-0.25, -0.2) is 0 Å². The fourth-order valence-corrected chi connectivity index (χ4v) is 3.03. The lowest BCUT2D eigenvalue weighted by molar-refractivity contribution is -0.117. The molecule has 0 radical (unpaired) electrons. The van der Waals surface area contributed by atoms with Crippen LogP contribution in [0.5, 0.6) is 11.5 Å². The van der Waals surface area contributed by atoms with Gasteiger partial charge in [0.15, 0.2) is 0 Å². The first-order valence-corrected chi connectivity index (χ1v) is 9.22. The lowest BCUT2D eigenvalue weighted by Gasteiger charge is -2.19. The number of amides is 2. The van der Waals surface area contributed by atoms with Gasteiger partial charge in [0, 0.05) is 13.0 Å². The van der Waals surface area contributed by atoms with Crippen LogP contribution in [-0.4, -0.2) is 38.1 Å². The minimum atomic E-state index is -0.208. The molecule has 142 valence electrons. The average Bonchev–Trinajstić information content (AvgIpc) is 3.12. The highest BCUT2D eigenvalue weighted by Gasteiger charge is 2.25. The van der Waals surface area contributed by atoms with E-state index in [0.29, 0.717) is 44.0 Å². The van der Waals surface area contributed by atoms with Crippen LogP contribution in [0.1, 0.15) is 30.1 Å². The zero-order valence-corrected chi connectivity index (χ0v) is 15.4. The molecule has 0 aliphatic carbocycles. The van der Waals surface area contributed by atoms with Crippen LogP contribution in [-0.2, 0) is 4.79 Å². The number of anilines is 1. The van der Waals surface area contributed by atoms with Gasteiger partial charge < -0.3 is 19.7 Å². The zero-order chi connectivity index (χ0) is 19.1. The summed E-state index contributed by atoms with van der Waals surface area (Å²) in [5.41, 5.74) is 1.18. The molecular formula is C21H24N2O4. The normalized spacial score (nSPS) is 13.5. The predicted octanol–water partition coefficient (Wildman–Crippen LogP) is 3.02. The summed E-state index contributed by atoms with van der Waals surface area (Å²) in [5.74, 6) is 1.37. The van der Waals surface area contributed by atoms with E-state index in [-0.39, 0.29) is 11.8 Å². The average molecular weight is 368 g/mol. The van der Waals surface area contributed by atoms with Crippen LogP contribution in [0.15, 0.2) is 48.5 Å². The second-order valence-corrected chi connectivity index (χ2v) is 6.17. The van der Waals surface area contributed by atoms with Crippen molar-refractivity contribution >= 4 is 17.5 Å². The number of hydrogen-bond donors (Lipinski definition) is 1. The summed E-state index contributed by atoms with van der Waals surface area (Å²) in [5, 5.41) is 2.85. The van der Waals surface area contributed by atoms with E-state index in [4.69, 9.17) is 9.47 Å². The number of benzene rings is 2. The third-order valence-corrected chi connectivity index (χ3v) is 4.30. The third-order valence-electron chi connectivity index (χ3n) is 4.30. The lowest BCUT2D eigenvalue weighted by atomic mass is 10.1. The van der Waals surface area contributed by atoms with Gasteiger partial charge in [0.25, 0.3) is 5.91 Å². The molecule has 0 spiro atoms. The quantitative estimate of drug-likeness (QED) is 0.728. The summed E-state index contributed by atoms with van der Waals surface area (Å²) in [7, 11) is 0. The van der Waals surface area contributed by atoms with E-state index in [2.05, 4.69) is 5.32 Å². The Bertz CT molecular complexity index is 789. The molecule has 1 fully saturated rings. The molecule has 0 saturated carbocycles. The molecule has 0 bridgehead atoms. The van der Waals surface area contributed by atoms with E-state index in [9.17, 15) is 9.59 Å². The van der Waals surface area contributed by atoms with E-state index in [0.717, 1.165) is 17.9 Å². The fraction of sp³-hybridized carbons (Fsp3) is 0.333. The third kappa shape index (κ3) is 4.78. The monoisotopic (exact) mass is 368 g/mol. The van der Waals surface area contributed by atoms with Gasteiger partial charge in [-0.3, -0.25) is 9.59 Å². The van der Waals surface area contributed by atoms with Gasteiger partial charge in [-0.05, 0) is 49.7 Å². The van der Waals surface area contributed by atoms with Crippen LogP contribution >= 0.6 is 0 Å². The second kappa shape index (κ2) is 9.07. The molecule has 3 rings (SSSR count). The fourth-order valence-electron chi connectivity index (χ4n) is 3.03. The molecule has 2 amide bonds. The van der Waals surface area contributed by atoms with Crippen molar-refractivity contribution in [3.05, 3.63) is 54.1 Å². The van der Waals surface area contributed by atoms with E-state index >= 15 is 0 Å². The van der Waals surface area contributed by atoms with Crippen LogP contribution in [0.2, 0.25) is 0 Å². The van der Waals surface area contributed by atoms with Crippen molar-refractivity contribution in [3.8, 4) is 11.5 Å². The van der Waals surface area contributed by atoms with Crippen molar-refractivity contribution in [3.63, 3.8) is 0 Å². The largest absolute Gasteiger partial charge is 0.494 e. The minimum absolute atomic E-state index is 0.0640. The van der Waals surface area contributed by atoms with Gasteiger partial charge in [-0.1, -0.05) is 12.1 Å². The van der Waals surface area contributed by atoms with Crippen LogP contribution in [0.25, 0.3) is 0 Å². The van der Waals surface area contributed by atoms with Crippen molar-refractivity contribution in [1.29, 1.82) is 0 Å². The molecule has 2 aromatic rings. The first-order valence-electron chi connectivity index (χ1n) is 9.22. The zero-order valence-electron chi connectivity index (χ0n) is 15.4. The minimum Gasteiger partial charge on any atom is -0.494 e. The molecule has 1 aliphatic heterocycles. The molecule has 1 saturated heterocycles. The first-order chi connectivity index (χ1) is 13.2. The molecule has 1 aliphatic rings. The number of para-hydroxylation sites is 1. The predicted molar refractivity (Wildman–Crippen MR) is 103 cm³/mol.